The van der Waals surface area contributed by atoms with Crippen molar-refractivity contribution in [1.29, 1.82) is 0 Å². The second-order valence-electron chi connectivity index (χ2n) is 4.46. The largest absolute Gasteiger partial charge is 0.497 e. The molecule has 1 atom stereocenters. The molecule has 0 bridgehead atoms. The van der Waals surface area contributed by atoms with Crippen molar-refractivity contribution in [1.82, 2.24) is 5.32 Å². The molecule has 0 saturated heterocycles. The Bertz CT molecular complexity index is 529. The van der Waals surface area contributed by atoms with Crippen molar-refractivity contribution in [2.75, 3.05) is 26.8 Å². The molecule has 0 aliphatic rings. The van der Waals surface area contributed by atoms with Gasteiger partial charge in [-0.1, -0.05) is 17.2 Å². The summed E-state index contributed by atoms with van der Waals surface area (Å²) in [4.78, 5) is 15.0. The maximum atomic E-state index is 12.3. The third-order valence-corrected chi connectivity index (χ3v) is 3.08. The van der Waals surface area contributed by atoms with Crippen LogP contribution in [0.2, 0.25) is 0 Å². The molecule has 1 aromatic carbocycles. The van der Waals surface area contributed by atoms with Gasteiger partial charge in [-0.15, -0.1) is 0 Å². The summed E-state index contributed by atoms with van der Waals surface area (Å²) < 4.78 is 10.3. The molecule has 1 rings (SSSR count). The third kappa shape index (κ3) is 4.37. The van der Waals surface area contributed by atoms with Gasteiger partial charge >= 0.3 is 5.97 Å². The van der Waals surface area contributed by atoms with Crippen LogP contribution < -0.4 is 10.1 Å². The number of hydrogen-bond acceptors (Lipinski definition) is 5. The predicted molar refractivity (Wildman–Crippen MR) is 79.0 cm³/mol. The maximum absolute atomic E-state index is 12.3. The van der Waals surface area contributed by atoms with E-state index in [0.717, 1.165) is 5.56 Å². The SMILES string of the molecule is CCOC(=O)C(C)(NCCN=[N+]=[N-])c1cccc(OC)c1. The van der Waals surface area contributed by atoms with Crippen LogP contribution in [0.5, 0.6) is 5.75 Å². The Balaban J connectivity index is 3.04. The van der Waals surface area contributed by atoms with E-state index in [1.165, 1.54) is 0 Å². The number of azide groups is 1. The molecular formula is C14H20N4O3. The summed E-state index contributed by atoms with van der Waals surface area (Å²) in [7, 11) is 1.57. The van der Waals surface area contributed by atoms with Gasteiger partial charge in [0.1, 0.15) is 11.3 Å². The van der Waals surface area contributed by atoms with Crippen molar-refractivity contribution < 1.29 is 14.3 Å². The van der Waals surface area contributed by atoms with Gasteiger partial charge in [0, 0.05) is 18.0 Å². The number of rotatable bonds is 8. The summed E-state index contributed by atoms with van der Waals surface area (Å²) in [5, 5.41) is 6.54. The lowest BCUT2D eigenvalue weighted by Gasteiger charge is -2.29. The van der Waals surface area contributed by atoms with E-state index in [0.29, 0.717) is 12.3 Å². The van der Waals surface area contributed by atoms with Crippen LogP contribution in [0.3, 0.4) is 0 Å². The molecule has 0 aliphatic carbocycles. The van der Waals surface area contributed by atoms with Gasteiger partial charge in [-0.3, -0.25) is 5.32 Å². The van der Waals surface area contributed by atoms with Crippen LogP contribution in [0.15, 0.2) is 29.4 Å². The first kappa shape index (κ1) is 16.8. The summed E-state index contributed by atoms with van der Waals surface area (Å²) in [6.07, 6.45) is 0. The van der Waals surface area contributed by atoms with E-state index >= 15 is 0 Å². The highest BCUT2D eigenvalue weighted by Crippen LogP contribution is 2.26. The first-order valence-electron chi connectivity index (χ1n) is 6.66. The average molecular weight is 292 g/mol. The molecule has 0 aliphatic heterocycles. The molecule has 0 spiro atoms. The molecule has 7 heteroatoms. The first-order chi connectivity index (χ1) is 10.1. The Hall–Kier alpha value is -2.24. The van der Waals surface area contributed by atoms with Crippen molar-refractivity contribution in [2.24, 2.45) is 5.11 Å². The minimum absolute atomic E-state index is 0.245. The van der Waals surface area contributed by atoms with Gasteiger partial charge < -0.3 is 9.47 Å². The minimum Gasteiger partial charge on any atom is -0.497 e. The standard InChI is InChI=1S/C14H20N4O3/c1-4-21-13(19)14(2,16-8-9-17-18-15)11-6-5-7-12(10-11)20-3/h5-7,10,16H,4,8-9H2,1-3H3. The van der Waals surface area contributed by atoms with Gasteiger partial charge in [-0.05, 0) is 37.1 Å². The quantitative estimate of drug-likeness (QED) is 0.261. The molecule has 1 aromatic rings. The van der Waals surface area contributed by atoms with Crippen molar-refractivity contribution in [3.8, 4) is 5.75 Å². The molecular weight excluding hydrogens is 272 g/mol. The zero-order valence-corrected chi connectivity index (χ0v) is 12.5. The van der Waals surface area contributed by atoms with Crippen molar-refractivity contribution in [3.05, 3.63) is 40.3 Å². The smallest absolute Gasteiger partial charge is 0.330 e. The summed E-state index contributed by atoms with van der Waals surface area (Å²) in [5.41, 5.74) is 7.99. The van der Waals surface area contributed by atoms with Crippen molar-refractivity contribution in [2.45, 2.75) is 19.4 Å². The Morgan fingerprint density at radius 1 is 1.52 bits per heavy atom. The Morgan fingerprint density at radius 2 is 2.29 bits per heavy atom. The predicted octanol–water partition coefficient (Wildman–Crippen LogP) is 2.37. The van der Waals surface area contributed by atoms with E-state index in [9.17, 15) is 4.79 Å². The second kappa shape index (κ2) is 8.14. The summed E-state index contributed by atoms with van der Waals surface area (Å²) in [6, 6.07) is 7.20. The van der Waals surface area contributed by atoms with E-state index in [1.54, 1.807) is 39.2 Å². The topological polar surface area (TPSA) is 96.3 Å². The number of carbonyl (C=O) groups is 1. The number of methoxy groups -OCH3 is 1. The van der Waals surface area contributed by atoms with Crippen LogP contribution in [0, 0.1) is 0 Å². The number of esters is 1. The van der Waals surface area contributed by atoms with Gasteiger partial charge in [0.15, 0.2) is 0 Å². The fourth-order valence-corrected chi connectivity index (χ4v) is 1.90. The van der Waals surface area contributed by atoms with Crippen molar-refractivity contribution in [3.63, 3.8) is 0 Å². The van der Waals surface area contributed by atoms with E-state index < -0.39 is 5.54 Å². The molecule has 21 heavy (non-hydrogen) atoms. The van der Waals surface area contributed by atoms with E-state index in [1.807, 2.05) is 6.07 Å². The number of nitrogens with zero attached hydrogens (tertiary/aromatic N) is 3. The van der Waals surface area contributed by atoms with Gasteiger partial charge in [-0.25, -0.2) is 4.79 Å². The van der Waals surface area contributed by atoms with Crippen LogP contribution in [0.25, 0.3) is 10.4 Å². The number of hydrogen-bond donors (Lipinski definition) is 1. The van der Waals surface area contributed by atoms with E-state index in [4.69, 9.17) is 15.0 Å². The monoisotopic (exact) mass is 292 g/mol. The molecule has 1 unspecified atom stereocenters. The van der Waals surface area contributed by atoms with Gasteiger partial charge in [-0.2, -0.15) is 0 Å². The summed E-state index contributed by atoms with van der Waals surface area (Å²) >= 11 is 0. The molecule has 7 nitrogen and oxygen atoms in total. The highest BCUT2D eigenvalue weighted by Gasteiger charge is 2.36. The molecule has 0 radical (unpaired) electrons. The molecule has 0 aromatic heterocycles. The molecule has 0 saturated carbocycles. The average Bonchev–Trinajstić information content (AvgIpc) is 2.51. The first-order valence-corrected chi connectivity index (χ1v) is 6.66. The fourth-order valence-electron chi connectivity index (χ4n) is 1.90. The Kier molecular flexibility index (Phi) is 6.52. The van der Waals surface area contributed by atoms with Crippen molar-refractivity contribution >= 4 is 5.97 Å². The van der Waals surface area contributed by atoms with Crippen LogP contribution >= 0.6 is 0 Å². The number of benzene rings is 1. The lowest BCUT2D eigenvalue weighted by molar-refractivity contribution is -0.151. The number of nitrogens with one attached hydrogen (secondary N) is 1. The third-order valence-electron chi connectivity index (χ3n) is 3.08. The zero-order valence-electron chi connectivity index (χ0n) is 12.5. The lowest BCUT2D eigenvalue weighted by atomic mass is 9.91. The van der Waals surface area contributed by atoms with Crippen LogP contribution in [0.4, 0.5) is 0 Å². The zero-order chi connectivity index (χ0) is 15.7. The molecule has 0 amide bonds. The highest BCUT2D eigenvalue weighted by atomic mass is 16.5. The van der Waals surface area contributed by atoms with Crippen LogP contribution in [-0.4, -0.2) is 32.8 Å². The number of carbonyl (C=O) groups excluding carboxylic acids is 1. The van der Waals surface area contributed by atoms with Gasteiger partial charge in [0.25, 0.3) is 0 Å². The van der Waals surface area contributed by atoms with Gasteiger partial charge in [0.2, 0.25) is 0 Å². The van der Waals surface area contributed by atoms with Crippen LogP contribution in [-0.2, 0) is 15.1 Å². The minimum atomic E-state index is -1.03. The normalized spacial score (nSPS) is 12.9. The summed E-state index contributed by atoms with van der Waals surface area (Å²) in [5.74, 6) is 0.263. The molecule has 0 heterocycles. The van der Waals surface area contributed by atoms with E-state index in [2.05, 4.69) is 15.3 Å². The Labute approximate surface area is 123 Å². The summed E-state index contributed by atoms with van der Waals surface area (Å²) in [6.45, 7) is 4.38. The highest BCUT2D eigenvalue weighted by molar-refractivity contribution is 5.82. The molecule has 114 valence electrons. The number of ether oxygens (including phenoxy) is 2. The second-order valence-corrected chi connectivity index (χ2v) is 4.46. The van der Waals surface area contributed by atoms with Gasteiger partial charge in [0.05, 0.1) is 13.7 Å². The Morgan fingerprint density at radius 3 is 2.90 bits per heavy atom. The fraction of sp³-hybridized carbons (Fsp3) is 0.500. The molecule has 1 N–H and O–H groups in total. The maximum Gasteiger partial charge on any atom is 0.330 e. The van der Waals surface area contributed by atoms with Crippen LogP contribution in [0.1, 0.15) is 19.4 Å². The molecule has 0 fully saturated rings. The lowest BCUT2D eigenvalue weighted by Crippen LogP contribution is -2.48. The van der Waals surface area contributed by atoms with E-state index in [-0.39, 0.29) is 19.1 Å².